The summed E-state index contributed by atoms with van der Waals surface area (Å²) >= 11 is -1.56. The van der Waals surface area contributed by atoms with Crippen molar-refractivity contribution in [3.63, 3.8) is 0 Å². The molecule has 0 saturated heterocycles. The second-order valence-electron chi connectivity index (χ2n) is 5.79. The number of carbonyl (C=O) groups is 1. The summed E-state index contributed by atoms with van der Waals surface area (Å²) in [6.07, 6.45) is 0. The highest BCUT2D eigenvalue weighted by Gasteiger charge is 2.41. The zero-order valence-corrected chi connectivity index (χ0v) is 11.5. The molecule has 0 aliphatic rings. The Labute approximate surface area is 95.2 Å². The zero-order valence-electron chi connectivity index (χ0n) is 10.7. The van der Waals surface area contributed by atoms with Crippen LogP contribution in [-0.2, 0) is 20.1 Å². The van der Waals surface area contributed by atoms with Gasteiger partial charge in [-0.05, 0) is 5.41 Å². The highest BCUT2D eigenvalue weighted by atomic mass is 32.2. The standard InChI is InChI=1S/C11H22O3S/c1-10(2,3)8(12)9(11(4,5)6)15(13)14-7/h9H,1-7H3. The third kappa shape index (κ3) is 4.03. The maximum atomic E-state index is 12.1. The van der Waals surface area contributed by atoms with Gasteiger partial charge in [0.2, 0.25) is 0 Å². The van der Waals surface area contributed by atoms with E-state index in [-0.39, 0.29) is 11.2 Å². The Morgan fingerprint density at radius 3 is 1.73 bits per heavy atom. The van der Waals surface area contributed by atoms with E-state index in [4.69, 9.17) is 4.18 Å². The molecule has 0 saturated carbocycles. The molecule has 0 bridgehead atoms. The second-order valence-corrected chi connectivity index (χ2v) is 7.11. The summed E-state index contributed by atoms with van der Waals surface area (Å²) in [4.78, 5) is 12.1. The van der Waals surface area contributed by atoms with Gasteiger partial charge in [-0.1, -0.05) is 41.5 Å². The molecule has 0 aliphatic heterocycles. The highest BCUT2D eigenvalue weighted by molar-refractivity contribution is 7.81. The summed E-state index contributed by atoms with van der Waals surface area (Å²) in [6.45, 7) is 11.2. The SMILES string of the molecule is COS(=O)C(C(=O)C(C)(C)C)C(C)(C)C. The van der Waals surface area contributed by atoms with Gasteiger partial charge in [-0.15, -0.1) is 0 Å². The molecule has 0 aromatic heterocycles. The van der Waals surface area contributed by atoms with Crippen LogP contribution in [0, 0.1) is 10.8 Å². The molecule has 0 N–H and O–H groups in total. The maximum absolute atomic E-state index is 12.1. The van der Waals surface area contributed by atoms with Crippen LogP contribution in [0.2, 0.25) is 0 Å². The van der Waals surface area contributed by atoms with Crippen molar-refractivity contribution in [1.29, 1.82) is 0 Å². The van der Waals surface area contributed by atoms with Gasteiger partial charge in [0.1, 0.15) is 5.25 Å². The number of hydrogen-bond donors (Lipinski definition) is 0. The molecule has 0 aromatic rings. The van der Waals surface area contributed by atoms with Gasteiger partial charge in [-0.25, -0.2) is 4.21 Å². The van der Waals surface area contributed by atoms with Crippen molar-refractivity contribution in [2.24, 2.45) is 10.8 Å². The third-order valence-electron chi connectivity index (χ3n) is 2.12. The van der Waals surface area contributed by atoms with E-state index >= 15 is 0 Å². The van der Waals surface area contributed by atoms with Gasteiger partial charge in [0.25, 0.3) is 0 Å². The number of rotatable bonds is 3. The first kappa shape index (κ1) is 14.8. The Morgan fingerprint density at radius 1 is 1.13 bits per heavy atom. The summed E-state index contributed by atoms with van der Waals surface area (Å²) in [5.74, 6) is -0.0183. The van der Waals surface area contributed by atoms with Gasteiger partial charge in [0.05, 0.1) is 7.11 Å². The fourth-order valence-electron chi connectivity index (χ4n) is 1.26. The van der Waals surface area contributed by atoms with E-state index in [1.54, 1.807) is 0 Å². The summed E-state index contributed by atoms with van der Waals surface area (Å²) in [6, 6.07) is 0. The number of hydrogen-bond acceptors (Lipinski definition) is 3. The lowest BCUT2D eigenvalue weighted by molar-refractivity contribution is -0.127. The first-order chi connectivity index (χ1) is 6.51. The van der Waals surface area contributed by atoms with Crippen molar-refractivity contribution >= 4 is 16.9 Å². The molecule has 90 valence electrons. The van der Waals surface area contributed by atoms with Crippen molar-refractivity contribution < 1.29 is 13.2 Å². The summed E-state index contributed by atoms with van der Waals surface area (Å²) in [5.41, 5.74) is -0.850. The smallest absolute Gasteiger partial charge is 0.166 e. The lowest BCUT2D eigenvalue weighted by Crippen LogP contribution is -2.44. The number of Topliss-reactive ketones (excluding diaryl/α,β-unsaturated/α-hetero) is 1. The minimum atomic E-state index is -1.56. The molecular formula is C11H22O3S. The van der Waals surface area contributed by atoms with Crippen LogP contribution in [0.15, 0.2) is 0 Å². The van der Waals surface area contributed by atoms with E-state index in [9.17, 15) is 9.00 Å². The second kappa shape index (κ2) is 4.74. The van der Waals surface area contributed by atoms with Crippen LogP contribution in [0.4, 0.5) is 0 Å². The van der Waals surface area contributed by atoms with Crippen LogP contribution in [0.1, 0.15) is 41.5 Å². The fraction of sp³-hybridized carbons (Fsp3) is 0.909. The molecule has 0 aromatic carbocycles. The lowest BCUT2D eigenvalue weighted by atomic mass is 9.79. The Bertz CT molecular complexity index is 258. The van der Waals surface area contributed by atoms with Gasteiger partial charge in [-0.2, -0.15) is 0 Å². The summed E-state index contributed by atoms with van der Waals surface area (Å²) < 4.78 is 16.5. The summed E-state index contributed by atoms with van der Waals surface area (Å²) in [5, 5.41) is -0.581. The Morgan fingerprint density at radius 2 is 1.53 bits per heavy atom. The van der Waals surface area contributed by atoms with Gasteiger partial charge >= 0.3 is 0 Å². The quantitative estimate of drug-likeness (QED) is 0.752. The first-order valence-corrected chi connectivity index (χ1v) is 6.15. The van der Waals surface area contributed by atoms with E-state index < -0.39 is 21.7 Å². The Hall–Kier alpha value is -0.220. The van der Waals surface area contributed by atoms with Gasteiger partial charge in [0.15, 0.2) is 16.9 Å². The zero-order chi connectivity index (χ0) is 12.4. The molecule has 15 heavy (non-hydrogen) atoms. The molecule has 2 unspecified atom stereocenters. The minimum absolute atomic E-state index is 0.0183. The third-order valence-corrected chi connectivity index (χ3v) is 3.76. The molecule has 0 radical (unpaired) electrons. The normalized spacial score (nSPS) is 17.3. The van der Waals surface area contributed by atoms with Crippen molar-refractivity contribution in [2.45, 2.75) is 46.8 Å². The van der Waals surface area contributed by atoms with Crippen LogP contribution in [-0.4, -0.2) is 22.4 Å². The topological polar surface area (TPSA) is 43.4 Å². The molecule has 0 spiro atoms. The number of carbonyl (C=O) groups excluding carboxylic acids is 1. The first-order valence-electron chi connectivity index (χ1n) is 5.01. The molecule has 0 fully saturated rings. The van der Waals surface area contributed by atoms with E-state index in [1.165, 1.54) is 7.11 Å². The van der Waals surface area contributed by atoms with Crippen LogP contribution in [0.3, 0.4) is 0 Å². The predicted octanol–water partition coefficient (Wildman–Crippen LogP) is 2.33. The molecule has 0 aliphatic carbocycles. The van der Waals surface area contributed by atoms with E-state index in [0.717, 1.165) is 0 Å². The van der Waals surface area contributed by atoms with E-state index in [1.807, 2.05) is 41.5 Å². The molecular weight excluding hydrogens is 212 g/mol. The largest absolute Gasteiger partial charge is 0.298 e. The van der Waals surface area contributed by atoms with Crippen molar-refractivity contribution in [2.75, 3.05) is 7.11 Å². The molecule has 3 nitrogen and oxygen atoms in total. The van der Waals surface area contributed by atoms with Crippen molar-refractivity contribution in [1.82, 2.24) is 0 Å². The molecule has 4 heteroatoms. The van der Waals surface area contributed by atoms with Crippen molar-refractivity contribution in [3.05, 3.63) is 0 Å². The molecule has 0 amide bonds. The van der Waals surface area contributed by atoms with Crippen LogP contribution < -0.4 is 0 Å². The molecule has 0 rings (SSSR count). The number of ketones is 1. The van der Waals surface area contributed by atoms with Gasteiger partial charge in [-0.3, -0.25) is 8.98 Å². The average Bonchev–Trinajstić information content (AvgIpc) is 1.99. The van der Waals surface area contributed by atoms with Gasteiger partial charge < -0.3 is 0 Å². The highest BCUT2D eigenvalue weighted by Crippen LogP contribution is 2.31. The van der Waals surface area contributed by atoms with Crippen LogP contribution >= 0.6 is 0 Å². The maximum Gasteiger partial charge on any atom is 0.166 e. The van der Waals surface area contributed by atoms with Crippen LogP contribution in [0.25, 0.3) is 0 Å². The lowest BCUT2D eigenvalue weighted by Gasteiger charge is -2.32. The van der Waals surface area contributed by atoms with E-state index in [0.29, 0.717) is 0 Å². The van der Waals surface area contributed by atoms with E-state index in [2.05, 4.69) is 0 Å². The Kier molecular flexibility index (Phi) is 4.67. The molecule has 0 heterocycles. The fourth-order valence-corrected chi connectivity index (χ4v) is 2.56. The van der Waals surface area contributed by atoms with Crippen molar-refractivity contribution in [3.8, 4) is 0 Å². The van der Waals surface area contributed by atoms with Gasteiger partial charge in [0, 0.05) is 5.41 Å². The summed E-state index contributed by atoms with van der Waals surface area (Å²) in [7, 11) is 1.37. The monoisotopic (exact) mass is 234 g/mol. The predicted molar refractivity (Wildman–Crippen MR) is 62.9 cm³/mol. The Balaban J connectivity index is 5.15. The van der Waals surface area contributed by atoms with Crippen LogP contribution in [0.5, 0.6) is 0 Å². The molecule has 2 atom stereocenters. The minimum Gasteiger partial charge on any atom is -0.298 e. The average molecular weight is 234 g/mol.